The van der Waals surface area contributed by atoms with Crippen LogP contribution in [0.2, 0.25) is 0 Å². The van der Waals surface area contributed by atoms with E-state index in [4.69, 9.17) is 9.94 Å². The van der Waals surface area contributed by atoms with Crippen LogP contribution in [-0.4, -0.2) is 67.7 Å². The first-order chi connectivity index (χ1) is 14.9. The van der Waals surface area contributed by atoms with E-state index in [1.807, 2.05) is 67.5 Å². The molecule has 0 radical (unpaired) electrons. The molecule has 0 bridgehead atoms. The van der Waals surface area contributed by atoms with Crippen molar-refractivity contribution in [2.75, 3.05) is 40.8 Å². The summed E-state index contributed by atoms with van der Waals surface area (Å²) in [6.45, 7) is 1.57. The lowest BCUT2D eigenvalue weighted by Gasteiger charge is -2.21. The van der Waals surface area contributed by atoms with Crippen LogP contribution in [0.1, 0.15) is 25.7 Å². The number of hydrogen-bond donors (Lipinski definition) is 2. The molecule has 0 saturated heterocycles. The van der Waals surface area contributed by atoms with E-state index >= 15 is 0 Å². The molecule has 0 saturated carbocycles. The number of benzene rings is 2. The number of fused-ring (bicyclic) bond motifs is 1. The van der Waals surface area contributed by atoms with E-state index in [0.717, 1.165) is 29.5 Å². The van der Waals surface area contributed by atoms with Gasteiger partial charge in [0.25, 0.3) is 5.91 Å². The maximum atomic E-state index is 13.0. The first-order valence-corrected chi connectivity index (χ1v) is 10.5. The van der Waals surface area contributed by atoms with E-state index in [-0.39, 0.29) is 18.9 Å². The van der Waals surface area contributed by atoms with Crippen LogP contribution >= 0.6 is 0 Å². The number of carbonyl (C=O) groups excluding carboxylic acids is 2. The van der Waals surface area contributed by atoms with Crippen LogP contribution in [0.3, 0.4) is 0 Å². The van der Waals surface area contributed by atoms with Gasteiger partial charge in [-0.3, -0.25) is 14.8 Å². The zero-order valence-electron chi connectivity index (χ0n) is 18.6. The first kappa shape index (κ1) is 24.4. The van der Waals surface area contributed by atoms with Crippen LogP contribution in [0.4, 0.5) is 0 Å². The smallest absolute Gasteiger partial charge is 0.252 e. The summed E-state index contributed by atoms with van der Waals surface area (Å²) in [5.74, 6) is 0.283. The van der Waals surface area contributed by atoms with Crippen LogP contribution in [0.5, 0.6) is 5.75 Å². The number of nitrogens with one attached hydrogen (secondary N) is 1. The van der Waals surface area contributed by atoms with Gasteiger partial charge in [-0.05, 0) is 44.8 Å². The highest BCUT2D eigenvalue weighted by Crippen LogP contribution is 2.25. The Morgan fingerprint density at radius 3 is 2.52 bits per heavy atom. The molecule has 0 heterocycles. The van der Waals surface area contributed by atoms with E-state index in [9.17, 15) is 9.59 Å². The summed E-state index contributed by atoms with van der Waals surface area (Å²) in [5.41, 5.74) is 2.23. The highest BCUT2D eigenvalue weighted by atomic mass is 16.5. The van der Waals surface area contributed by atoms with E-state index in [0.29, 0.717) is 25.0 Å². The van der Waals surface area contributed by atoms with Crippen molar-refractivity contribution < 1.29 is 19.5 Å². The molecule has 0 aliphatic carbocycles. The summed E-state index contributed by atoms with van der Waals surface area (Å²) in [7, 11) is 5.74. The molecule has 2 aromatic rings. The van der Waals surface area contributed by atoms with E-state index in [1.54, 1.807) is 17.4 Å². The normalized spacial score (nSPS) is 11.6. The summed E-state index contributed by atoms with van der Waals surface area (Å²) in [6.07, 6.45) is 4.17. The van der Waals surface area contributed by atoms with Gasteiger partial charge in [0.2, 0.25) is 5.91 Å². The van der Waals surface area contributed by atoms with Gasteiger partial charge in [0.15, 0.2) is 0 Å². The minimum absolute atomic E-state index is 0.0600. The summed E-state index contributed by atoms with van der Waals surface area (Å²) in [6, 6.07) is 13.9. The lowest BCUT2D eigenvalue weighted by atomic mass is 10.1. The Hall–Kier alpha value is -2.90. The van der Waals surface area contributed by atoms with Crippen molar-refractivity contribution in [1.82, 2.24) is 15.3 Å². The highest BCUT2D eigenvalue weighted by molar-refractivity contribution is 5.94. The zero-order valence-corrected chi connectivity index (χ0v) is 18.6. The number of likely N-dealkylation sites (N-methyl/N-ethyl adjacent to an activating group) is 2. The number of carbonyl (C=O) groups is 2. The largest absolute Gasteiger partial charge is 0.488 e. The molecule has 168 valence electrons. The van der Waals surface area contributed by atoms with E-state index < -0.39 is 5.91 Å². The number of hydroxylamine groups is 1. The number of allylic oxidation sites excluding steroid dienone is 1. The molecular weight excluding hydrogens is 394 g/mol. The number of ether oxygens (including phenoxy) is 1. The summed E-state index contributed by atoms with van der Waals surface area (Å²) >= 11 is 0. The van der Waals surface area contributed by atoms with Crippen LogP contribution in [-0.2, 0) is 9.59 Å². The van der Waals surface area contributed by atoms with Crippen molar-refractivity contribution >= 4 is 22.6 Å². The Bertz CT molecular complexity index is 890. The lowest BCUT2D eigenvalue weighted by Crippen LogP contribution is -2.35. The zero-order chi connectivity index (χ0) is 22.6. The van der Waals surface area contributed by atoms with E-state index in [1.165, 1.54) is 0 Å². The van der Waals surface area contributed by atoms with Gasteiger partial charge in [-0.15, -0.1) is 0 Å². The molecule has 31 heavy (non-hydrogen) atoms. The number of amides is 2. The van der Waals surface area contributed by atoms with Gasteiger partial charge in [-0.2, -0.15) is 0 Å². The number of rotatable bonds is 12. The summed E-state index contributed by atoms with van der Waals surface area (Å²) < 4.78 is 6.07. The van der Waals surface area contributed by atoms with Gasteiger partial charge < -0.3 is 14.5 Å². The molecule has 0 aliphatic rings. The monoisotopic (exact) mass is 427 g/mol. The maximum absolute atomic E-state index is 13.0. The Morgan fingerprint density at radius 1 is 1.03 bits per heavy atom. The fourth-order valence-corrected chi connectivity index (χ4v) is 3.14. The number of nitrogens with zero attached hydrogens (tertiary/aromatic N) is 2. The van der Waals surface area contributed by atoms with Gasteiger partial charge in [0.05, 0.1) is 5.57 Å². The minimum atomic E-state index is -0.400. The molecule has 7 nitrogen and oxygen atoms in total. The Labute approximate surface area is 184 Å². The Morgan fingerprint density at radius 2 is 1.77 bits per heavy atom. The second-order valence-corrected chi connectivity index (χ2v) is 7.81. The predicted molar refractivity (Wildman–Crippen MR) is 122 cm³/mol. The summed E-state index contributed by atoms with van der Waals surface area (Å²) in [5, 5.41) is 10.7. The lowest BCUT2D eigenvalue weighted by molar-refractivity contribution is -0.129. The fraction of sp³-hybridized carbons (Fsp3) is 0.417. The van der Waals surface area contributed by atoms with Crippen LogP contribution in [0, 0.1) is 0 Å². The third kappa shape index (κ3) is 8.03. The molecule has 0 aliphatic heterocycles. The van der Waals surface area contributed by atoms with E-state index in [2.05, 4.69) is 0 Å². The molecule has 0 unspecified atom stereocenters. The average Bonchev–Trinajstić information content (AvgIpc) is 2.78. The fourth-order valence-electron chi connectivity index (χ4n) is 3.14. The number of hydrogen-bond acceptors (Lipinski definition) is 5. The molecule has 0 atom stereocenters. The molecule has 2 amide bonds. The van der Waals surface area contributed by atoms with Gasteiger partial charge >= 0.3 is 0 Å². The van der Waals surface area contributed by atoms with Crippen molar-refractivity contribution in [2.45, 2.75) is 25.7 Å². The van der Waals surface area contributed by atoms with Crippen molar-refractivity contribution in [3.05, 3.63) is 54.1 Å². The Kier molecular flexibility index (Phi) is 10.00. The predicted octanol–water partition coefficient (Wildman–Crippen LogP) is 3.23. The van der Waals surface area contributed by atoms with Crippen LogP contribution in [0.25, 0.3) is 10.8 Å². The van der Waals surface area contributed by atoms with Crippen molar-refractivity contribution in [3.63, 3.8) is 0 Å². The van der Waals surface area contributed by atoms with Gasteiger partial charge in [-0.25, -0.2) is 5.48 Å². The SMILES string of the molecule is CN(C)CCN(C)C(=O)/C(=C/CCCCC(=O)NO)COc1cccc2ccccc12. The van der Waals surface area contributed by atoms with Crippen molar-refractivity contribution in [1.29, 1.82) is 0 Å². The minimum Gasteiger partial charge on any atom is -0.488 e. The van der Waals surface area contributed by atoms with Gasteiger partial charge in [-0.1, -0.05) is 42.5 Å². The van der Waals surface area contributed by atoms with Crippen molar-refractivity contribution in [3.8, 4) is 5.75 Å². The summed E-state index contributed by atoms with van der Waals surface area (Å²) in [4.78, 5) is 27.9. The van der Waals surface area contributed by atoms with Crippen LogP contribution in [0.15, 0.2) is 54.1 Å². The quantitative estimate of drug-likeness (QED) is 0.235. The second kappa shape index (κ2) is 12.7. The molecule has 2 rings (SSSR count). The van der Waals surface area contributed by atoms with Crippen LogP contribution < -0.4 is 10.2 Å². The maximum Gasteiger partial charge on any atom is 0.252 e. The van der Waals surface area contributed by atoms with Gasteiger partial charge in [0, 0.05) is 31.9 Å². The number of unbranched alkanes of at least 4 members (excludes halogenated alkanes) is 2. The molecule has 7 heteroatoms. The highest BCUT2D eigenvalue weighted by Gasteiger charge is 2.16. The molecule has 2 aromatic carbocycles. The standard InChI is InChI=1S/C24H33N3O4/c1-26(2)16-17-27(3)24(29)20(11-5-4-6-15-23(28)25-30)18-31-22-14-9-12-19-10-7-8-13-21(19)22/h7-14,30H,4-6,15-18H2,1-3H3,(H,25,28)/b20-11+. The average molecular weight is 428 g/mol. The topological polar surface area (TPSA) is 82.1 Å². The van der Waals surface area contributed by atoms with Gasteiger partial charge in [0.1, 0.15) is 12.4 Å². The second-order valence-electron chi connectivity index (χ2n) is 7.81. The molecule has 0 aromatic heterocycles. The molecule has 0 fully saturated rings. The molecule has 0 spiro atoms. The molecular formula is C24H33N3O4. The van der Waals surface area contributed by atoms with Crippen molar-refractivity contribution in [2.24, 2.45) is 0 Å². The Balaban J connectivity index is 2.07. The first-order valence-electron chi connectivity index (χ1n) is 10.5. The third-order valence-electron chi connectivity index (χ3n) is 5.01. The molecule has 2 N–H and O–H groups in total. The third-order valence-corrected chi connectivity index (χ3v) is 5.01.